The second-order valence-electron chi connectivity index (χ2n) is 7.16. The quantitative estimate of drug-likeness (QED) is 0.826. The van der Waals surface area contributed by atoms with Crippen LogP contribution in [0.15, 0.2) is 6.07 Å². The Morgan fingerprint density at radius 2 is 1.95 bits per heavy atom. The third kappa shape index (κ3) is 2.96. The summed E-state index contributed by atoms with van der Waals surface area (Å²) in [7, 11) is 0. The maximum Gasteiger partial charge on any atom is 0.0443 e. The topological polar surface area (TPSA) is 12.0 Å². The average molecular weight is 292 g/mol. The van der Waals surface area contributed by atoms with Crippen LogP contribution in [0.25, 0.3) is 0 Å². The number of hydrogen-bond donors (Lipinski definition) is 1. The minimum absolute atomic E-state index is 0.612. The van der Waals surface area contributed by atoms with Gasteiger partial charge in [-0.1, -0.05) is 20.8 Å². The molecule has 1 fully saturated rings. The third-order valence-electron chi connectivity index (χ3n) is 5.18. The lowest BCUT2D eigenvalue weighted by molar-refractivity contribution is 0.179. The second-order valence-corrected chi connectivity index (χ2v) is 8.33. The first-order valence-electron chi connectivity index (χ1n) is 8.52. The minimum atomic E-state index is 0.612. The molecule has 2 aliphatic carbocycles. The monoisotopic (exact) mass is 291 g/mol. The van der Waals surface area contributed by atoms with Crippen LogP contribution in [-0.2, 0) is 12.8 Å². The fraction of sp³-hybridized carbons (Fsp3) is 0.778. The smallest absolute Gasteiger partial charge is 0.0443 e. The highest BCUT2D eigenvalue weighted by molar-refractivity contribution is 7.12. The van der Waals surface area contributed by atoms with Crippen LogP contribution in [0, 0.1) is 17.8 Å². The zero-order valence-electron chi connectivity index (χ0n) is 13.2. The molecule has 0 spiro atoms. The lowest BCUT2D eigenvalue weighted by Gasteiger charge is -2.36. The van der Waals surface area contributed by atoms with Crippen molar-refractivity contribution in [2.75, 3.05) is 6.54 Å². The van der Waals surface area contributed by atoms with E-state index in [-0.39, 0.29) is 0 Å². The Kier molecular flexibility index (Phi) is 4.52. The molecule has 0 aromatic carbocycles. The van der Waals surface area contributed by atoms with Gasteiger partial charge in [-0.05, 0) is 74.5 Å². The van der Waals surface area contributed by atoms with Crippen molar-refractivity contribution in [1.82, 2.24) is 5.32 Å². The van der Waals surface area contributed by atoms with Gasteiger partial charge in [-0.25, -0.2) is 0 Å². The molecular formula is C18H29NS. The highest BCUT2D eigenvalue weighted by Gasteiger charge is 2.32. The van der Waals surface area contributed by atoms with Gasteiger partial charge in [0.2, 0.25) is 0 Å². The van der Waals surface area contributed by atoms with Crippen molar-refractivity contribution < 1.29 is 0 Å². The summed E-state index contributed by atoms with van der Waals surface area (Å²) in [5.41, 5.74) is 1.66. The average Bonchev–Trinajstić information content (AvgIpc) is 2.95. The summed E-state index contributed by atoms with van der Waals surface area (Å²) in [4.78, 5) is 3.31. The largest absolute Gasteiger partial charge is 0.309 e. The van der Waals surface area contributed by atoms with Crippen molar-refractivity contribution in [3.8, 4) is 0 Å². The normalized spacial score (nSPS) is 31.2. The highest BCUT2D eigenvalue weighted by atomic mass is 32.1. The van der Waals surface area contributed by atoms with Crippen molar-refractivity contribution in [3.05, 3.63) is 21.4 Å². The Morgan fingerprint density at radius 1 is 1.20 bits per heavy atom. The van der Waals surface area contributed by atoms with Crippen molar-refractivity contribution in [3.63, 3.8) is 0 Å². The van der Waals surface area contributed by atoms with Crippen molar-refractivity contribution in [1.29, 1.82) is 0 Å². The van der Waals surface area contributed by atoms with E-state index >= 15 is 0 Å². The van der Waals surface area contributed by atoms with Gasteiger partial charge in [0.1, 0.15) is 0 Å². The van der Waals surface area contributed by atoms with E-state index in [0.29, 0.717) is 6.04 Å². The van der Waals surface area contributed by atoms with Crippen LogP contribution in [0.4, 0.5) is 0 Å². The molecule has 1 N–H and O–H groups in total. The van der Waals surface area contributed by atoms with Crippen LogP contribution < -0.4 is 5.32 Å². The van der Waals surface area contributed by atoms with E-state index in [9.17, 15) is 0 Å². The number of rotatable bonds is 4. The van der Waals surface area contributed by atoms with E-state index in [1.807, 2.05) is 0 Å². The maximum atomic E-state index is 3.81. The Labute approximate surface area is 128 Å². The van der Waals surface area contributed by atoms with E-state index in [0.717, 1.165) is 24.3 Å². The van der Waals surface area contributed by atoms with E-state index in [4.69, 9.17) is 0 Å². The van der Waals surface area contributed by atoms with Gasteiger partial charge >= 0.3 is 0 Å². The molecule has 112 valence electrons. The molecule has 0 amide bonds. The van der Waals surface area contributed by atoms with E-state index in [1.54, 1.807) is 15.3 Å². The number of fused-ring (bicyclic) bond motifs is 1. The molecule has 20 heavy (non-hydrogen) atoms. The second kappa shape index (κ2) is 6.19. The van der Waals surface area contributed by atoms with Crippen molar-refractivity contribution >= 4 is 11.3 Å². The van der Waals surface area contributed by atoms with E-state index in [2.05, 4.69) is 43.5 Å². The zero-order chi connectivity index (χ0) is 14.1. The van der Waals surface area contributed by atoms with Crippen LogP contribution in [0.5, 0.6) is 0 Å². The third-order valence-corrected chi connectivity index (χ3v) is 6.50. The first-order chi connectivity index (χ1) is 9.67. The molecule has 1 aromatic rings. The summed E-state index contributed by atoms with van der Waals surface area (Å²) in [6.07, 6.45) is 8.27. The van der Waals surface area contributed by atoms with Gasteiger partial charge in [0, 0.05) is 15.8 Å². The predicted molar refractivity (Wildman–Crippen MR) is 88.4 cm³/mol. The van der Waals surface area contributed by atoms with Crippen LogP contribution in [0.3, 0.4) is 0 Å². The molecule has 1 saturated carbocycles. The number of hydrogen-bond acceptors (Lipinski definition) is 2. The Hall–Kier alpha value is -0.340. The van der Waals surface area contributed by atoms with Crippen LogP contribution >= 0.6 is 11.3 Å². The molecular weight excluding hydrogens is 262 g/mol. The molecule has 3 atom stereocenters. The van der Waals surface area contributed by atoms with Gasteiger partial charge in [0.15, 0.2) is 0 Å². The molecule has 0 saturated heterocycles. The lowest BCUT2D eigenvalue weighted by atomic mass is 9.73. The fourth-order valence-electron chi connectivity index (χ4n) is 4.51. The van der Waals surface area contributed by atoms with Crippen molar-refractivity contribution in [2.24, 2.45) is 17.8 Å². The van der Waals surface area contributed by atoms with Crippen LogP contribution in [0.2, 0.25) is 0 Å². The van der Waals surface area contributed by atoms with Crippen LogP contribution in [0.1, 0.15) is 67.8 Å². The standard InChI is InChI=1S/C18H29NS/c1-4-19-18(15-9-12(2)8-13(3)10-15)17-11-14-6-5-7-16(14)20-17/h11-13,15,18-19H,4-10H2,1-3H3. The van der Waals surface area contributed by atoms with E-state index < -0.39 is 0 Å². The molecule has 1 nitrogen and oxygen atoms in total. The van der Waals surface area contributed by atoms with Crippen molar-refractivity contribution in [2.45, 2.75) is 65.3 Å². The molecule has 0 bridgehead atoms. The van der Waals surface area contributed by atoms with Gasteiger partial charge in [0.05, 0.1) is 0 Å². The highest BCUT2D eigenvalue weighted by Crippen LogP contribution is 2.43. The van der Waals surface area contributed by atoms with Gasteiger partial charge in [-0.3, -0.25) is 0 Å². The molecule has 1 aromatic heterocycles. The Balaban J connectivity index is 1.80. The Bertz CT molecular complexity index is 419. The number of thiophene rings is 1. The minimum Gasteiger partial charge on any atom is -0.309 e. The SMILES string of the molecule is CCNC(c1cc2c(s1)CCC2)C1CC(C)CC(C)C1. The molecule has 0 radical (unpaired) electrons. The first kappa shape index (κ1) is 14.6. The Morgan fingerprint density at radius 3 is 2.60 bits per heavy atom. The van der Waals surface area contributed by atoms with Gasteiger partial charge in [-0.15, -0.1) is 11.3 Å². The molecule has 2 heteroatoms. The number of nitrogens with one attached hydrogen (secondary N) is 1. The molecule has 2 aliphatic rings. The summed E-state index contributed by atoms with van der Waals surface area (Å²) in [5.74, 6) is 2.64. The summed E-state index contributed by atoms with van der Waals surface area (Å²) >= 11 is 2.10. The van der Waals surface area contributed by atoms with Crippen LogP contribution in [-0.4, -0.2) is 6.54 Å². The fourth-order valence-corrected chi connectivity index (χ4v) is 5.93. The molecule has 3 unspecified atom stereocenters. The van der Waals surface area contributed by atoms with E-state index in [1.165, 1.54) is 38.5 Å². The summed E-state index contributed by atoms with van der Waals surface area (Å²) < 4.78 is 0. The molecule has 3 rings (SSSR count). The maximum absolute atomic E-state index is 3.81. The predicted octanol–water partition coefficient (Wildman–Crippen LogP) is 4.96. The molecule has 0 aliphatic heterocycles. The van der Waals surface area contributed by atoms with Gasteiger partial charge < -0.3 is 5.32 Å². The first-order valence-corrected chi connectivity index (χ1v) is 9.33. The summed E-state index contributed by atoms with van der Waals surface area (Å²) in [5, 5.41) is 3.81. The summed E-state index contributed by atoms with van der Waals surface area (Å²) in [6.45, 7) is 8.23. The van der Waals surface area contributed by atoms with Gasteiger partial charge in [0.25, 0.3) is 0 Å². The number of aryl methyl sites for hydroxylation is 2. The molecule has 1 heterocycles. The summed E-state index contributed by atoms with van der Waals surface area (Å²) in [6, 6.07) is 3.14. The lowest BCUT2D eigenvalue weighted by Crippen LogP contribution is -2.32. The zero-order valence-corrected chi connectivity index (χ0v) is 14.1. The van der Waals surface area contributed by atoms with Gasteiger partial charge in [-0.2, -0.15) is 0 Å².